The molecule has 34 heavy (non-hydrogen) atoms. The van der Waals surface area contributed by atoms with Gasteiger partial charge in [0.25, 0.3) is 5.56 Å². The minimum absolute atomic E-state index is 0.0438. The Morgan fingerprint density at radius 3 is 2.47 bits per heavy atom. The van der Waals surface area contributed by atoms with E-state index >= 15 is 0 Å². The summed E-state index contributed by atoms with van der Waals surface area (Å²) in [6.45, 7) is 0. The van der Waals surface area contributed by atoms with Crippen LogP contribution in [-0.2, 0) is 0 Å². The molecule has 0 spiro atoms. The molecular formula is C26H21N3O4S. The number of nitrogens with one attached hydrogen (secondary N) is 1. The highest BCUT2D eigenvalue weighted by atomic mass is 32.2. The maximum Gasteiger partial charge on any atom is 0.283 e. The second-order valence-corrected chi connectivity index (χ2v) is 8.49. The van der Waals surface area contributed by atoms with Gasteiger partial charge in [-0.05, 0) is 18.2 Å². The van der Waals surface area contributed by atoms with Crippen molar-refractivity contribution in [1.82, 2.24) is 14.5 Å². The van der Waals surface area contributed by atoms with Crippen LogP contribution in [0.5, 0.6) is 11.5 Å². The van der Waals surface area contributed by atoms with Crippen LogP contribution >= 0.6 is 11.8 Å². The molecule has 0 aliphatic carbocycles. The molecule has 0 amide bonds. The number of aromatic nitrogens is 3. The minimum atomic E-state index is -0.261. The highest BCUT2D eigenvalue weighted by Crippen LogP contribution is 2.31. The lowest BCUT2D eigenvalue weighted by atomic mass is 10.2. The lowest BCUT2D eigenvalue weighted by molar-refractivity contribution is 0.102. The molecular weight excluding hydrogens is 450 g/mol. The molecule has 1 N–H and O–H groups in total. The van der Waals surface area contributed by atoms with Crippen molar-refractivity contribution in [2.24, 2.45) is 0 Å². The fourth-order valence-corrected chi connectivity index (χ4v) is 4.77. The smallest absolute Gasteiger partial charge is 0.283 e. The van der Waals surface area contributed by atoms with Crippen molar-refractivity contribution in [3.05, 3.63) is 88.7 Å². The number of benzene rings is 3. The van der Waals surface area contributed by atoms with E-state index in [-0.39, 0.29) is 17.1 Å². The predicted octanol–water partition coefficient (Wildman–Crippen LogP) is 4.86. The molecule has 170 valence electrons. The predicted molar refractivity (Wildman–Crippen MR) is 134 cm³/mol. The van der Waals surface area contributed by atoms with Gasteiger partial charge in [-0.2, -0.15) is 0 Å². The lowest BCUT2D eigenvalue weighted by Gasteiger charge is -2.14. The number of para-hydroxylation sites is 1. The fourth-order valence-electron chi connectivity index (χ4n) is 3.87. The number of fused-ring (bicyclic) bond motifs is 3. The van der Waals surface area contributed by atoms with Crippen molar-refractivity contribution in [2.75, 3.05) is 20.0 Å². The van der Waals surface area contributed by atoms with Crippen molar-refractivity contribution in [3.63, 3.8) is 0 Å². The molecule has 0 atom stereocenters. The Kier molecular flexibility index (Phi) is 5.81. The Morgan fingerprint density at radius 2 is 1.71 bits per heavy atom. The minimum Gasteiger partial charge on any atom is -0.493 e. The number of carbonyl (C=O) groups excluding carboxylic acids is 1. The van der Waals surface area contributed by atoms with Crippen LogP contribution in [0.15, 0.2) is 82.7 Å². The second-order valence-electron chi connectivity index (χ2n) is 7.55. The van der Waals surface area contributed by atoms with Crippen molar-refractivity contribution < 1.29 is 14.3 Å². The zero-order valence-corrected chi connectivity index (χ0v) is 19.4. The van der Waals surface area contributed by atoms with E-state index in [9.17, 15) is 9.59 Å². The number of rotatable bonds is 7. The number of hydrogen-bond acceptors (Lipinski definition) is 6. The zero-order valence-electron chi connectivity index (χ0n) is 18.6. The molecule has 0 aliphatic heterocycles. The number of nitrogens with zero attached hydrogens (tertiary/aromatic N) is 2. The van der Waals surface area contributed by atoms with Crippen molar-refractivity contribution in [3.8, 4) is 17.2 Å². The summed E-state index contributed by atoms with van der Waals surface area (Å²) in [7, 11) is 3.09. The summed E-state index contributed by atoms with van der Waals surface area (Å²) in [6, 6.07) is 21.9. The van der Waals surface area contributed by atoms with Crippen molar-refractivity contribution in [2.45, 2.75) is 5.16 Å². The molecule has 5 rings (SSSR count). The zero-order chi connectivity index (χ0) is 23.7. The Balaban J connectivity index is 1.67. The Labute approximate surface area is 199 Å². The number of Topliss-reactive ketones (excluding diaryl/α,β-unsaturated/α-hetero) is 1. The van der Waals surface area contributed by atoms with Gasteiger partial charge < -0.3 is 14.5 Å². The van der Waals surface area contributed by atoms with E-state index in [0.29, 0.717) is 38.9 Å². The first-order valence-corrected chi connectivity index (χ1v) is 11.6. The van der Waals surface area contributed by atoms with E-state index in [4.69, 9.17) is 14.5 Å². The van der Waals surface area contributed by atoms with Crippen molar-refractivity contribution in [1.29, 1.82) is 0 Å². The van der Waals surface area contributed by atoms with Crippen LogP contribution in [0.25, 0.3) is 27.6 Å². The fraction of sp³-hybridized carbons (Fsp3) is 0.115. The molecule has 0 fully saturated rings. The van der Waals surface area contributed by atoms with Gasteiger partial charge >= 0.3 is 0 Å². The monoisotopic (exact) mass is 471 g/mol. The largest absolute Gasteiger partial charge is 0.493 e. The van der Waals surface area contributed by atoms with Crippen LogP contribution in [-0.4, -0.2) is 40.3 Å². The van der Waals surface area contributed by atoms with E-state index in [1.165, 1.54) is 23.4 Å². The lowest BCUT2D eigenvalue weighted by Crippen LogP contribution is -2.22. The summed E-state index contributed by atoms with van der Waals surface area (Å²) in [5.74, 6) is 1.13. The maximum atomic E-state index is 13.7. The van der Waals surface area contributed by atoms with Gasteiger partial charge in [-0.25, -0.2) is 4.98 Å². The van der Waals surface area contributed by atoms with Gasteiger partial charge in [0.2, 0.25) is 0 Å². The number of H-pyrrole nitrogens is 1. The molecule has 0 bridgehead atoms. The molecule has 2 aromatic heterocycles. The SMILES string of the molecule is COc1ccc(-n2c(SCC(=O)c3ccccc3)nc3c([nH]c4ccccc43)c2=O)cc1OC. The van der Waals surface area contributed by atoms with Crippen LogP contribution in [0.3, 0.4) is 0 Å². The van der Waals surface area contributed by atoms with Crippen LogP contribution in [0.4, 0.5) is 0 Å². The summed E-state index contributed by atoms with van der Waals surface area (Å²) in [5.41, 5.74) is 2.71. The summed E-state index contributed by atoms with van der Waals surface area (Å²) in [4.78, 5) is 34.5. The topological polar surface area (TPSA) is 86.2 Å². The van der Waals surface area contributed by atoms with Crippen molar-refractivity contribution >= 4 is 39.5 Å². The summed E-state index contributed by atoms with van der Waals surface area (Å²) in [5, 5.41) is 1.27. The summed E-state index contributed by atoms with van der Waals surface area (Å²) in [6.07, 6.45) is 0. The first-order valence-electron chi connectivity index (χ1n) is 10.6. The van der Waals surface area contributed by atoms with Crippen LogP contribution in [0.1, 0.15) is 10.4 Å². The van der Waals surface area contributed by atoms with Gasteiger partial charge in [0.15, 0.2) is 22.4 Å². The van der Waals surface area contributed by atoms with E-state index in [1.807, 2.05) is 42.5 Å². The third kappa shape index (κ3) is 3.82. The Bertz CT molecular complexity index is 1570. The third-order valence-corrected chi connectivity index (χ3v) is 6.49. The maximum absolute atomic E-state index is 13.7. The average Bonchev–Trinajstić information content (AvgIpc) is 3.26. The Morgan fingerprint density at radius 1 is 0.971 bits per heavy atom. The molecule has 7 nitrogen and oxygen atoms in total. The number of ether oxygens (including phenoxy) is 2. The van der Waals surface area contributed by atoms with Gasteiger partial charge in [-0.1, -0.05) is 60.3 Å². The van der Waals surface area contributed by atoms with Crippen LogP contribution in [0, 0.1) is 0 Å². The normalized spacial score (nSPS) is 11.1. The number of carbonyl (C=O) groups is 1. The van der Waals surface area contributed by atoms with Gasteiger partial charge in [-0.3, -0.25) is 14.2 Å². The molecule has 0 unspecified atom stereocenters. The number of thioether (sulfide) groups is 1. The molecule has 0 radical (unpaired) electrons. The van der Waals surface area contributed by atoms with Gasteiger partial charge in [0.1, 0.15) is 11.0 Å². The average molecular weight is 472 g/mol. The molecule has 0 saturated heterocycles. The number of methoxy groups -OCH3 is 2. The third-order valence-electron chi connectivity index (χ3n) is 5.55. The van der Waals surface area contributed by atoms with Crippen LogP contribution < -0.4 is 15.0 Å². The van der Waals surface area contributed by atoms with E-state index in [1.54, 1.807) is 37.4 Å². The summed E-state index contributed by atoms with van der Waals surface area (Å²) < 4.78 is 12.3. The highest BCUT2D eigenvalue weighted by Gasteiger charge is 2.19. The second kappa shape index (κ2) is 9.07. The van der Waals surface area contributed by atoms with E-state index in [0.717, 1.165) is 10.9 Å². The van der Waals surface area contributed by atoms with E-state index in [2.05, 4.69) is 4.98 Å². The first kappa shape index (κ1) is 21.8. The van der Waals surface area contributed by atoms with Gasteiger partial charge in [0, 0.05) is 22.5 Å². The quantitative estimate of drug-likeness (QED) is 0.207. The highest BCUT2D eigenvalue weighted by molar-refractivity contribution is 7.99. The van der Waals surface area contributed by atoms with Gasteiger partial charge in [0.05, 0.1) is 25.7 Å². The molecule has 0 saturated carbocycles. The number of aromatic amines is 1. The van der Waals surface area contributed by atoms with E-state index < -0.39 is 0 Å². The molecule has 3 aromatic carbocycles. The Hall–Kier alpha value is -4.04. The molecule has 8 heteroatoms. The summed E-state index contributed by atoms with van der Waals surface area (Å²) >= 11 is 1.23. The molecule has 0 aliphatic rings. The van der Waals surface area contributed by atoms with Crippen LogP contribution in [0.2, 0.25) is 0 Å². The standard InChI is InChI=1S/C26H21N3O4S/c1-32-21-13-12-17(14-22(21)33-2)29-25(31)24-23(18-10-6-7-11-19(18)27-24)28-26(29)34-15-20(30)16-8-4-3-5-9-16/h3-14,27H,15H2,1-2H3. The molecule has 2 heterocycles. The van der Waals surface area contributed by atoms with Gasteiger partial charge in [-0.15, -0.1) is 0 Å². The molecule has 5 aromatic rings. The number of hydrogen-bond donors (Lipinski definition) is 1. The number of ketones is 1. The first-order chi connectivity index (χ1) is 16.6.